The van der Waals surface area contributed by atoms with Gasteiger partial charge >= 0.3 is 0 Å². The van der Waals surface area contributed by atoms with Gasteiger partial charge in [0.2, 0.25) is 0 Å². The topological polar surface area (TPSA) is 55.0 Å². The highest BCUT2D eigenvalue weighted by Gasteiger charge is 2.13. The van der Waals surface area contributed by atoms with E-state index in [-0.39, 0.29) is 0 Å². The molecule has 0 aliphatic heterocycles. The Kier molecular flexibility index (Phi) is 3.91. The van der Waals surface area contributed by atoms with Crippen LogP contribution in [0.3, 0.4) is 0 Å². The van der Waals surface area contributed by atoms with Gasteiger partial charge < -0.3 is 9.30 Å². The van der Waals surface area contributed by atoms with Crippen molar-refractivity contribution in [3.8, 4) is 11.8 Å². The van der Waals surface area contributed by atoms with Gasteiger partial charge in [-0.2, -0.15) is 5.26 Å². The third-order valence-corrected chi connectivity index (χ3v) is 3.14. The first kappa shape index (κ1) is 13.2. The summed E-state index contributed by atoms with van der Waals surface area (Å²) in [5, 5.41) is 9.36. The number of hydrogen-bond donors (Lipinski definition) is 0. The number of aromatic nitrogens is 1. The summed E-state index contributed by atoms with van der Waals surface area (Å²) in [5.41, 5.74) is 1.81. The molecule has 19 heavy (non-hydrogen) atoms. The molecule has 1 aromatic carbocycles. The molecular formula is C14H13BN2O2. The first-order chi connectivity index (χ1) is 9.22. The number of aryl methyl sites for hydroxylation is 1. The lowest BCUT2D eigenvalue weighted by atomic mass is 9.98. The molecular weight excluding hydrogens is 239 g/mol. The highest BCUT2D eigenvalue weighted by atomic mass is 16.5. The molecule has 0 N–H and O–H groups in total. The third-order valence-electron chi connectivity index (χ3n) is 3.14. The third kappa shape index (κ3) is 2.34. The van der Waals surface area contributed by atoms with E-state index in [1.165, 1.54) is 0 Å². The summed E-state index contributed by atoms with van der Waals surface area (Å²) in [7, 11) is 7.59. The fourth-order valence-electron chi connectivity index (χ4n) is 2.19. The molecule has 2 radical (unpaired) electrons. The fourth-order valence-corrected chi connectivity index (χ4v) is 2.19. The number of hydrogen-bond acceptors (Lipinski definition) is 3. The number of benzene rings is 1. The van der Waals surface area contributed by atoms with Gasteiger partial charge in [-0.15, -0.1) is 0 Å². The lowest BCUT2D eigenvalue weighted by Gasteiger charge is -2.07. The highest BCUT2D eigenvalue weighted by molar-refractivity contribution is 6.37. The largest absolute Gasteiger partial charge is 0.497 e. The van der Waals surface area contributed by atoms with Crippen LogP contribution < -0.4 is 10.3 Å². The molecule has 4 nitrogen and oxygen atoms in total. The van der Waals surface area contributed by atoms with Gasteiger partial charge in [-0.05, 0) is 30.2 Å². The standard InChI is InChI=1S/C14H13BN2O2/c1-19-10-4-5-13-11(8-10)12(9-18)14(15)17(13)7-3-2-6-16/h4-5,8-9H,2-3,7H2,1H3. The molecule has 0 fully saturated rings. The van der Waals surface area contributed by atoms with Crippen LogP contribution in [0.2, 0.25) is 0 Å². The van der Waals surface area contributed by atoms with Gasteiger partial charge in [0.1, 0.15) is 13.6 Å². The summed E-state index contributed by atoms with van der Waals surface area (Å²) >= 11 is 0. The zero-order valence-electron chi connectivity index (χ0n) is 10.7. The number of rotatable bonds is 5. The number of ether oxygens (including phenoxy) is 1. The highest BCUT2D eigenvalue weighted by Crippen LogP contribution is 2.24. The number of unbranched alkanes of at least 4 members (excludes halogenated alkanes) is 1. The summed E-state index contributed by atoms with van der Waals surface area (Å²) in [6.45, 7) is 0.621. The van der Waals surface area contributed by atoms with Crippen LogP contribution in [0.15, 0.2) is 18.2 Å². The molecule has 2 aromatic rings. The second-order valence-electron chi connectivity index (χ2n) is 4.21. The van der Waals surface area contributed by atoms with Crippen LogP contribution in [-0.4, -0.2) is 25.8 Å². The molecule has 2 rings (SSSR count). The van der Waals surface area contributed by atoms with Crippen LogP contribution in [0.25, 0.3) is 10.9 Å². The Bertz CT molecular complexity index is 655. The second kappa shape index (κ2) is 5.62. The second-order valence-corrected chi connectivity index (χ2v) is 4.21. The van der Waals surface area contributed by atoms with Crippen molar-refractivity contribution in [2.75, 3.05) is 7.11 Å². The SMILES string of the molecule is [B]c1c(C=O)c2cc(OC)ccc2n1CCCC#N. The maximum Gasteiger partial charge on any atom is 0.151 e. The van der Waals surface area contributed by atoms with Gasteiger partial charge in [0, 0.05) is 29.4 Å². The number of carbonyl (C=O) groups is 1. The van der Waals surface area contributed by atoms with Crippen LogP contribution in [0, 0.1) is 11.3 Å². The predicted octanol–water partition coefficient (Wildman–Crippen LogP) is 1.56. The Hall–Kier alpha value is -2.22. The minimum absolute atomic E-state index is 0.441. The van der Waals surface area contributed by atoms with Crippen molar-refractivity contribution in [3.63, 3.8) is 0 Å². The smallest absolute Gasteiger partial charge is 0.151 e. The van der Waals surface area contributed by atoms with E-state index in [4.69, 9.17) is 17.8 Å². The Balaban J connectivity index is 2.54. The Morgan fingerprint density at radius 1 is 1.53 bits per heavy atom. The van der Waals surface area contributed by atoms with E-state index >= 15 is 0 Å². The Labute approximate surface area is 113 Å². The first-order valence-electron chi connectivity index (χ1n) is 6.00. The molecule has 94 valence electrons. The fraction of sp³-hybridized carbons (Fsp3) is 0.286. The van der Waals surface area contributed by atoms with Crippen molar-refractivity contribution in [2.24, 2.45) is 0 Å². The van der Waals surface area contributed by atoms with Crippen LogP contribution in [-0.2, 0) is 6.54 Å². The van der Waals surface area contributed by atoms with Gasteiger partial charge in [-0.1, -0.05) is 0 Å². The quantitative estimate of drug-likeness (QED) is 0.461. The van der Waals surface area contributed by atoms with Gasteiger partial charge in [0.05, 0.1) is 13.2 Å². The monoisotopic (exact) mass is 252 g/mol. The van der Waals surface area contributed by atoms with Crippen molar-refractivity contribution in [3.05, 3.63) is 23.8 Å². The normalized spacial score (nSPS) is 10.3. The summed E-state index contributed by atoms with van der Waals surface area (Å²) < 4.78 is 7.03. The molecule has 1 heterocycles. The molecule has 0 aliphatic rings. The van der Waals surface area contributed by atoms with Crippen molar-refractivity contribution in [1.82, 2.24) is 4.57 Å². The van der Waals surface area contributed by atoms with Crippen LogP contribution in [0.1, 0.15) is 23.2 Å². The summed E-state index contributed by atoms with van der Waals surface area (Å²) in [4.78, 5) is 11.2. The molecule has 0 spiro atoms. The Morgan fingerprint density at radius 3 is 2.95 bits per heavy atom. The average Bonchev–Trinajstić information content (AvgIpc) is 2.70. The number of carbonyl (C=O) groups excluding carboxylic acids is 1. The van der Waals surface area contributed by atoms with E-state index < -0.39 is 0 Å². The van der Waals surface area contributed by atoms with Gasteiger partial charge in [-0.25, -0.2) is 0 Å². The van der Waals surface area contributed by atoms with E-state index in [2.05, 4.69) is 6.07 Å². The zero-order chi connectivity index (χ0) is 13.8. The number of methoxy groups -OCH3 is 1. The molecule has 0 aliphatic carbocycles. The summed E-state index contributed by atoms with van der Waals surface area (Å²) in [6, 6.07) is 7.61. The predicted molar refractivity (Wildman–Crippen MR) is 74.1 cm³/mol. The van der Waals surface area contributed by atoms with Gasteiger partial charge in [0.25, 0.3) is 0 Å². The van der Waals surface area contributed by atoms with Gasteiger partial charge in [-0.3, -0.25) is 4.79 Å². The maximum atomic E-state index is 11.2. The van der Waals surface area contributed by atoms with E-state index in [0.717, 1.165) is 17.2 Å². The van der Waals surface area contributed by atoms with Crippen molar-refractivity contribution >= 4 is 30.6 Å². The summed E-state index contributed by atoms with van der Waals surface area (Å²) in [5.74, 6) is 0.685. The van der Waals surface area contributed by atoms with E-state index in [1.807, 2.05) is 16.7 Å². The first-order valence-corrected chi connectivity index (χ1v) is 6.00. The van der Waals surface area contributed by atoms with E-state index in [0.29, 0.717) is 36.3 Å². The zero-order valence-corrected chi connectivity index (χ0v) is 10.7. The minimum Gasteiger partial charge on any atom is -0.497 e. The molecule has 1 aromatic heterocycles. The number of nitriles is 1. The lowest BCUT2D eigenvalue weighted by Crippen LogP contribution is -2.20. The molecule has 5 heteroatoms. The maximum absolute atomic E-state index is 11.2. The molecule has 0 bridgehead atoms. The minimum atomic E-state index is 0.441. The number of nitrogens with zero attached hydrogens (tertiary/aromatic N) is 2. The average molecular weight is 252 g/mol. The van der Waals surface area contributed by atoms with Crippen LogP contribution in [0.5, 0.6) is 5.75 Å². The van der Waals surface area contributed by atoms with Crippen LogP contribution >= 0.6 is 0 Å². The number of aldehydes is 1. The lowest BCUT2D eigenvalue weighted by molar-refractivity contribution is 0.112. The molecule has 0 atom stereocenters. The molecule has 0 saturated carbocycles. The summed E-state index contributed by atoms with van der Waals surface area (Å²) in [6.07, 6.45) is 1.93. The Morgan fingerprint density at radius 2 is 2.32 bits per heavy atom. The molecule has 0 saturated heterocycles. The van der Waals surface area contributed by atoms with Crippen LogP contribution in [0.4, 0.5) is 0 Å². The number of fused-ring (bicyclic) bond motifs is 1. The van der Waals surface area contributed by atoms with Crippen molar-refractivity contribution in [1.29, 1.82) is 5.26 Å². The van der Waals surface area contributed by atoms with E-state index in [1.54, 1.807) is 13.2 Å². The van der Waals surface area contributed by atoms with Crippen molar-refractivity contribution in [2.45, 2.75) is 19.4 Å². The molecule has 0 unspecified atom stereocenters. The van der Waals surface area contributed by atoms with Gasteiger partial charge in [0.15, 0.2) is 6.29 Å². The van der Waals surface area contributed by atoms with Crippen molar-refractivity contribution < 1.29 is 9.53 Å². The molecule has 0 amide bonds. The van der Waals surface area contributed by atoms with E-state index in [9.17, 15) is 4.79 Å².